The zero-order valence-corrected chi connectivity index (χ0v) is 14.4. The first kappa shape index (κ1) is 18.3. The summed E-state index contributed by atoms with van der Waals surface area (Å²) in [6.07, 6.45) is -2.43. The first-order chi connectivity index (χ1) is 12.3. The summed E-state index contributed by atoms with van der Waals surface area (Å²) in [7, 11) is 0. The molecule has 3 nitrogen and oxygen atoms in total. The molecule has 0 saturated carbocycles. The van der Waals surface area contributed by atoms with Crippen LogP contribution in [0, 0.1) is 0 Å². The Morgan fingerprint density at radius 2 is 1.69 bits per heavy atom. The fourth-order valence-electron chi connectivity index (χ4n) is 2.72. The number of anilines is 1. The van der Waals surface area contributed by atoms with Gasteiger partial charge in [0.1, 0.15) is 5.75 Å². The molecule has 0 aliphatic heterocycles. The Morgan fingerprint density at radius 3 is 2.38 bits per heavy atom. The van der Waals surface area contributed by atoms with E-state index < -0.39 is 6.36 Å². The lowest BCUT2D eigenvalue weighted by Gasteiger charge is -2.09. The predicted octanol–water partition coefficient (Wildman–Crippen LogP) is 5.54. The second kappa shape index (κ2) is 7.41. The van der Waals surface area contributed by atoms with Gasteiger partial charge in [0.25, 0.3) is 0 Å². The van der Waals surface area contributed by atoms with Crippen molar-refractivity contribution in [3.05, 3.63) is 64.8 Å². The Balaban J connectivity index is 1.61. The molecule has 136 valence electrons. The van der Waals surface area contributed by atoms with Gasteiger partial charge in [-0.3, -0.25) is 4.98 Å². The highest BCUT2D eigenvalue weighted by Gasteiger charge is 2.30. The first-order valence-electron chi connectivity index (χ1n) is 8.00. The van der Waals surface area contributed by atoms with E-state index in [2.05, 4.69) is 9.72 Å². The molecular weight excluding hydrogens is 365 g/mol. The number of halogens is 4. The van der Waals surface area contributed by atoms with Crippen LogP contribution in [-0.4, -0.2) is 11.3 Å². The van der Waals surface area contributed by atoms with Gasteiger partial charge in [0.05, 0.1) is 10.5 Å². The summed E-state index contributed by atoms with van der Waals surface area (Å²) in [4.78, 5) is 4.56. The molecule has 1 aromatic heterocycles. The van der Waals surface area contributed by atoms with Crippen LogP contribution in [0.3, 0.4) is 0 Å². The number of rotatable bonds is 5. The zero-order chi connectivity index (χ0) is 18.7. The van der Waals surface area contributed by atoms with Crippen LogP contribution in [-0.2, 0) is 12.8 Å². The van der Waals surface area contributed by atoms with Crippen LogP contribution in [0.5, 0.6) is 5.75 Å². The van der Waals surface area contributed by atoms with Crippen molar-refractivity contribution in [1.82, 2.24) is 4.98 Å². The Hall–Kier alpha value is -2.47. The maximum atomic E-state index is 12.2. The second-order valence-electron chi connectivity index (χ2n) is 5.88. The largest absolute Gasteiger partial charge is 0.573 e. The molecule has 2 aromatic carbocycles. The third-order valence-electron chi connectivity index (χ3n) is 3.95. The van der Waals surface area contributed by atoms with Crippen molar-refractivity contribution in [2.24, 2.45) is 0 Å². The molecule has 0 aliphatic rings. The molecule has 0 fully saturated rings. The van der Waals surface area contributed by atoms with Gasteiger partial charge in [0.15, 0.2) is 0 Å². The van der Waals surface area contributed by atoms with E-state index in [4.69, 9.17) is 17.3 Å². The summed E-state index contributed by atoms with van der Waals surface area (Å²) in [5.74, 6) is -0.218. The van der Waals surface area contributed by atoms with Crippen LogP contribution in [0.2, 0.25) is 5.02 Å². The fourth-order valence-corrected chi connectivity index (χ4v) is 2.92. The van der Waals surface area contributed by atoms with E-state index in [0.717, 1.165) is 35.9 Å². The maximum absolute atomic E-state index is 12.2. The molecule has 0 bridgehead atoms. The fraction of sp³-hybridized carbons (Fsp3) is 0.211. The highest BCUT2D eigenvalue weighted by molar-refractivity contribution is 6.35. The Bertz CT molecular complexity index is 911. The number of aryl methyl sites for hydroxylation is 2. The molecular formula is C19H16ClF3N2O. The van der Waals surface area contributed by atoms with Gasteiger partial charge in [-0.15, -0.1) is 13.2 Å². The number of nitrogens with zero attached hydrogens (tertiary/aromatic N) is 1. The maximum Gasteiger partial charge on any atom is 0.573 e. The summed E-state index contributed by atoms with van der Waals surface area (Å²) in [5.41, 5.74) is 9.05. The molecule has 0 amide bonds. The highest BCUT2D eigenvalue weighted by Crippen LogP contribution is 2.27. The van der Waals surface area contributed by atoms with Crippen molar-refractivity contribution in [3.8, 4) is 5.75 Å². The van der Waals surface area contributed by atoms with Crippen LogP contribution < -0.4 is 10.5 Å². The average molecular weight is 381 g/mol. The summed E-state index contributed by atoms with van der Waals surface area (Å²) < 4.78 is 40.3. The van der Waals surface area contributed by atoms with Crippen LogP contribution in [0.1, 0.15) is 17.7 Å². The quantitative estimate of drug-likeness (QED) is 0.591. The number of pyridine rings is 1. The average Bonchev–Trinajstić information content (AvgIpc) is 2.59. The van der Waals surface area contributed by atoms with Gasteiger partial charge in [0.2, 0.25) is 0 Å². The van der Waals surface area contributed by atoms with Crippen molar-refractivity contribution in [1.29, 1.82) is 0 Å². The topological polar surface area (TPSA) is 48.1 Å². The molecule has 3 aromatic rings. The monoisotopic (exact) mass is 380 g/mol. The van der Waals surface area contributed by atoms with Crippen LogP contribution >= 0.6 is 11.6 Å². The molecule has 26 heavy (non-hydrogen) atoms. The van der Waals surface area contributed by atoms with Crippen molar-refractivity contribution in [2.45, 2.75) is 25.6 Å². The van der Waals surface area contributed by atoms with E-state index >= 15 is 0 Å². The van der Waals surface area contributed by atoms with Gasteiger partial charge in [0, 0.05) is 16.8 Å². The number of nitrogen functional groups attached to an aromatic ring is 1. The van der Waals surface area contributed by atoms with Gasteiger partial charge >= 0.3 is 6.36 Å². The third-order valence-corrected chi connectivity index (χ3v) is 4.26. The van der Waals surface area contributed by atoms with Crippen molar-refractivity contribution < 1.29 is 17.9 Å². The minimum Gasteiger partial charge on any atom is -0.406 e. The van der Waals surface area contributed by atoms with E-state index in [9.17, 15) is 13.2 Å². The van der Waals surface area contributed by atoms with Crippen LogP contribution in [0.15, 0.2) is 48.5 Å². The highest BCUT2D eigenvalue weighted by atomic mass is 35.5. The van der Waals surface area contributed by atoms with Gasteiger partial charge < -0.3 is 10.5 Å². The van der Waals surface area contributed by atoms with E-state index in [0.29, 0.717) is 16.2 Å². The molecule has 1 heterocycles. The first-order valence-corrected chi connectivity index (χ1v) is 8.38. The lowest BCUT2D eigenvalue weighted by Crippen LogP contribution is -2.17. The minimum atomic E-state index is -4.67. The normalized spacial score (nSPS) is 11.7. The Labute approximate surface area is 153 Å². The van der Waals surface area contributed by atoms with E-state index in [1.807, 2.05) is 12.1 Å². The van der Waals surface area contributed by atoms with E-state index in [-0.39, 0.29) is 5.75 Å². The van der Waals surface area contributed by atoms with Gasteiger partial charge in [-0.25, -0.2) is 0 Å². The minimum absolute atomic E-state index is 0.218. The lowest BCUT2D eigenvalue weighted by molar-refractivity contribution is -0.274. The molecule has 0 radical (unpaired) electrons. The summed E-state index contributed by atoms with van der Waals surface area (Å²) >= 11 is 6.18. The van der Waals surface area contributed by atoms with Gasteiger partial charge in [-0.05, 0) is 61.2 Å². The molecule has 0 spiro atoms. The molecule has 0 atom stereocenters. The van der Waals surface area contributed by atoms with E-state index in [1.165, 1.54) is 12.1 Å². The van der Waals surface area contributed by atoms with E-state index in [1.54, 1.807) is 24.3 Å². The van der Waals surface area contributed by atoms with Crippen LogP contribution in [0.4, 0.5) is 18.9 Å². The molecule has 2 N–H and O–H groups in total. The number of ether oxygens (including phenoxy) is 1. The predicted molar refractivity (Wildman–Crippen MR) is 96.3 cm³/mol. The number of aromatic nitrogens is 1. The Morgan fingerprint density at radius 1 is 0.962 bits per heavy atom. The Kier molecular flexibility index (Phi) is 5.23. The standard InChI is InChI=1S/C19H16ClF3N2O/c20-16-10-11-17(24)15-9-6-13(25-18(15)16)3-1-2-12-4-7-14(8-5-12)26-19(21,22)23/h4-11H,1-3,24H2. The molecule has 0 unspecified atom stereocenters. The lowest BCUT2D eigenvalue weighted by atomic mass is 10.1. The van der Waals surface area contributed by atoms with Crippen molar-refractivity contribution in [2.75, 3.05) is 5.73 Å². The smallest absolute Gasteiger partial charge is 0.406 e. The second-order valence-corrected chi connectivity index (χ2v) is 6.29. The van der Waals surface area contributed by atoms with Gasteiger partial charge in [-0.2, -0.15) is 0 Å². The number of alkyl halides is 3. The van der Waals surface area contributed by atoms with Crippen molar-refractivity contribution >= 4 is 28.2 Å². The number of hydrogen-bond acceptors (Lipinski definition) is 3. The summed E-state index contributed by atoms with van der Waals surface area (Å²) in [5, 5.41) is 1.37. The molecule has 0 saturated heterocycles. The van der Waals surface area contributed by atoms with Crippen molar-refractivity contribution in [3.63, 3.8) is 0 Å². The number of nitrogens with two attached hydrogens (primary N) is 1. The molecule has 7 heteroatoms. The number of fused-ring (bicyclic) bond motifs is 1. The third kappa shape index (κ3) is 4.58. The molecule has 3 rings (SSSR count). The summed E-state index contributed by atoms with van der Waals surface area (Å²) in [6.45, 7) is 0. The number of hydrogen-bond donors (Lipinski definition) is 1. The molecule has 0 aliphatic carbocycles. The SMILES string of the molecule is Nc1ccc(Cl)c2nc(CCCc3ccc(OC(F)(F)F)cc3)ccc12. The summed E-state index contributed by atoms with van der Waals surface area (Å²) in [6, 6.07) is 13.2. The zero-order valence-electron chi connectivity index (χ0n) is 13.7. The number of benzene rings is 2. The van der Waals surface area contributed by atoms with Crippen LogP contribution in [0.25, 0.3) is 10.9 Å². The van der Waals surface area contributed by atoms with Gasteiger partial charge in [-0.1, -0.05) is 23.7 Å².